The van der Waals surface area contributed by atoms with Crippen LogP contribution in [-0.2, 0) is 9.59 Å². The minimum atomic E-state index is -0.239. The molecule has 0 bridgehead atoms. The highest BCUT2D eigenvalue weighted by Crippen LogP contribution is 2.42. The van der Waals surface area contributed by atoms with Crippen LogP contribution in [0.1, 0.15) is 13.8 Å². The minimum absolute atomic E-state index is 0.0245. The maximum Gasteiger partial charge on any atom is 0.249 e. The number of fused-ring (bicyclic) bond motifs is 1. The molecule has 0 spiro atoms. The number of nitrogens with zero attached hydrogens (tertiary/aromatic N) is 1. The van der Waals surface area contributed by atoms with Gasteiger partial charge in [-0.2, -0.15) is 0 Å². The van der Waals surface area contributed by atoms with Gasteiger partial charge in [-0.05, 0) is 26.0 Å². The number of nitrogens with one attached hydrogen (secondary N) is 4. The summed E-state index contributed by atoms with van der Waals surface area (Å²) >= 11 is 0. The summed E-state index contributed by atoms with van der Waals surface area (Å²) in [5.41, 5.74) is 2.66. The Kier molecular flexibility index (Phi) is 5.47. The second-order valence-electron chi connectivity index (χ2n) is 6.52. The predicted octanol–water partition coefficient (Wildman–Crippen LogP) is 0.789. The van der Waals surface area contributed by atoms with Crippen LogP contribution in [0.25, 0.3) is 0 Å². The molecule has 0 aromatic heterocycles. The van der Waals surface area contributed by atoms with Gasteiger partial charge in [0.1, 0.15) is 6.17 Å². The van der Waals surface area contributed by atoms with Gasteiger partial charge in [0.15, 0.2) is 0 Å². The molecular formula is C18H24N5O2P. The molecule has 3 atom stereocenters. The van der Waals surface area contributed by atoms with Crippen molar-refractivity contribution in [3.05, 3.63) is 60.1 Å². The molecule has 3 heterocycles. The summed E-state index contributed by atoms with van der Waals surface area (Å²) < 4.78 is 0. The molecule has 0 fully saturated rings. The van der Waals surface area contributed by atoms with E-state index in [9.17, 15) is 9.59 Å². The fourth-order valence-electron chi connectivity index (χ4n) is 2.93. The molecule has 3 aliphatic heterocycles. The van der Waals surface area contributed by atoms with Crippen LogP contribution in [0.5, 0.6) is 0 Å². The molecule has 0 radical (unpaired) electrons. The maximum atomic E-state index is 12.4. The summed E-state index contributed by atoms with van der Waals surface area (Å²) in [5.74, 6) is -0.264. The molecule has 0 aromatic rings. The third-order valence-corrected chi connectivity index (χ3v) is 5.81. The fraction of sp³-hybridized carbons (Fsp3) is 0.333. The third-order valence-electron chi connectivity index (χ3n) is 4.13. The van der Waals surface area contributed by atoms with Crippen molar-refractivity contribution < 1.29 is 9.59 Å². The van der Waals surface area contributed by atoms with E-state index in [0.717, 1.165) is 17.6 Å². The molecule has 0 aliphatic carbocycles. The number of rotatable bonds is 5. The lowest BCUT2D eigenvalue weighted by Gasteiger charge is -2.34. The van der Waals surface area contributed by atoms with E-state index < -0.39 is 0 Å². The van der Waals surface area contributed by atoms with Gasteiger partial charge in [0.25, 0.3) is 0 Å². The van der Waals surface area contributed by atoms with Gasteiger partial charge in [0, 0.05) is 36.8 Å². The van der Waals surface area contributed by atoms with Gasteiger partial charge in [0.05, 0.1) is 16.8 Å². The van der Waals surface area contributed by atoms with Crippen molar-refractivity contribution >= 4 is 20.4 Å². The molecule has 2 amide bonds. The summed E-state index contributed by atoms with van der Waals surface area (Å²) in [6, 6.07) is 0.101. The van der Waals surface area contributed by atoms with Crippen LogP contribution in [0.2, 0.25) is 0 Å². The van der Waals surface area contributed by atoms with Crippen molar-refractivity contribution in [2.24, 2.45) is 0 Å². The molecule has 3 rings (SSSR count). The van der Waals surface area contributed by atoms with Crippen LogP contribution >= 0.6 is 8.58 Å². The Morgan fingerprint density at radius 2 is 2.15 bits per heavy atom. The summed E-state index contributed by atoms with van der Waals surface area (Å²) in [6.45, 7) is 8.09. The molecule has 26 heavy (non-hydrogen) atoms. The third kappa shape index (κ3) is 3.99. The van der Waals surface area contributed by atoms with Gasteiger partial charge >= 0.3 is 0 Å². The zero-order valence-electron chi connectivity index (χ0n) is 14.9. The number of hydrogen-bond acceptors (Lipinski definition) is 5. The zero-order chi connectivity index (χ0) is 18.7. The summed E-state index contributed by atoms with van der Waals surface area (Å²) in [5, 5.41) is 12.3. The molecule has 0 saturated heterocycles. The highest BCUT2D eigenvalue weighted by Gasteiger charge is 2.37. The number of carbonyl (C=O) groups is 2. The molecular weight excluding hydrogens is 349 g/mol. The Morgan fingerprint density at radius 1 is 1.38 bits per heavy atom. The molecule has 7 nitrogen and oxygen atoms in total. The van der Waals surface area contributed by atoms with E-state index in [-0.39, 0.29) is 29.7 Å². The lowest BCUT2D eigenvalue weighted by Crippen LogP contribution is -2.45. The monoisotopic (exact) mass is 373 g/mol. The quantitative estimate of drug-likeness (QED) is 0.423. The van der Waals surface area contributed by atoms with Crippen molar-refractivity contribution in [2.75, 3.05) is 6.54 Å². The first-order valence-electron chi connectivity index (χ1n) is 8.56. The summed E-state index contributed by atoms with van der Waals surface area (Å²) in [4.78, 5) is 26.0. The van der Waals surface area contributed by atoms with Crippen molar-refractivity contribution in [3.63, 3.8) is 0 Å². The van der Waals surface area contributed by atoms with Gasteiger partial charge in [-0.15, -0.1) is 0 Å². The van der Waals surface area contributed by atoms with Gasteiger partial charge in [-0.1, -0.05) is 21.2 Å². The van der Waals surface area contributed by atoms with Crippen LogP contribution in [0.15, 0.2) is 60.1 Å². The lowest BCUT2D eigenvalue weighted by molar-refractivity contribution is -0.118. The summed E-state index contributed by atoms with van der Waals surface area (Å²) in [7, 11) is 0.435. The lowest BCUT2D eigenvalue weighted by atomic mass is 10.1. The molecule has 0 saturated carbocycles. The van der Waals surface area contributed by atoms with Crippen LogP contribution in [-0.4, -0.2) is 41.1 Å². The second-order valence-corrected chi connectivity index (χ2v) is 7.95. The molecule has 8 heteroatoms. The Bertz CT molecular complexity index is 738. The maximum absolute atomic E-state index is 12.4. The van der Waals surface area contributed by atoms with Crippen LogP contribution in [0, 0.1) is 0 Å². The number of hydrogen-bond donors (Lipinski definition) is 4. The first-order valence-corrected chi connectivity index (χ1v) is 9.64. The smallest absolute Gasteiger partial charge is 0.249 e. The Hall–Kier alpha value is -2.53. The number of allylic oxidation sites excluding steroid dienone is 1. The average Bonchev–Trinajstić information content (AvgIpc) is 3.04. The fourth-order valence-corrected chi connectivity index (χ4v) is 4.47. The first kappa shape index (κ1) is 18.3. The highest BCUT2D eigenvalue weighted by atomic mass is 31.1. The highest BCUT2D eigenvalue weighted by molar-refractivity contribution is 7.44. The van der Waals surface area contributed by atoms with Gasteiger partial charge < -0.3 is 26.2 Å². The predicted molar refractivity (Wildman–Crippen MR) is 104 cm³/mol. The number of amides is 2. The van der Waals surface area contributed by atoms with E-state index in [4.69, 9.17) is 0 Å². The minimum Gasteiger partial charge on any atom is -0.370 e. The Labute approximate surface area is 155 Å². The van der Waals surface area contributed by atoms with Crippen LogP contribution in [0.4, 0.5) is 0 Å². The van der Waals surface area contributed by atoms with Crippen molar-refractivity contribution in [3.8, 4) is 0 Å². The van der Waals surface area contributed by atoms with E-state index in [1.807, 2.05) is 44.6 Å². The topological polar surface area (TPSA) is 85.5 Å². The standard InChI is InChI=1S/C18H24N5O2P/c1-4-14(24)22-12-6-5-7-23(10-12)15-9-20-17-16(26-15)13(8-19-17)18(25)21-11(2)3/h4-6,8-11,16-17,19-20,26H,1,7H2,2-3H3,(H,21,25)(H,22,24). The largest absolute Gasteiger partial charge is 0.370 e. The molecule has 3 unspecified atom stereocenters. The zero-order valence-corrected chi connectivity index (χ0v) is 15.9. The SMILES string of the molecule is C=CC(=O)NC1=CN(C2=CNC3NC=C(C(=O)NC(C)C)C3P2)CC=C1. The summed E-state index contributed by atoms with van der Waals surface area (Å²) in [6.07, 6.45) is 10.8. The van der Waals surface area contributed by atoms with E-state index in [0.29, 0.717) is 14.3 Å². The first-order chi connectivity index (χ1) is 12.5. The molecule has 4 N–H and O–H groups in total. The van der Waals surface area contributed by atoms with Crippen LogP contribution in [0.3, 0.4) is 0 Å². The van der Waals surface area contributed by atoms with Gasteiger partial charge in [-0.25, -0.2) is 0 Å². The van der Waals surface area contributed by atoms with Crippen LogP contribution < -0.4 is 21.3 Å². The van der Waals surface area contributed by atoms with Gasteiger partial charge in [0.2, 0.25) is 11.8 Å². The Morgan fingerprint density at radius 3 is 2.88 bits per heavy atom. The average molecular weight is 373 g/mol. The van der Waals surface area contributed by atoms with E-state index in [1.165, 1.54) is 6.08 Å². The Balaban J connectivity index is 1.70. The van der Waals surface area contributed by atoms with E-state index in [1.54, 1.807) is 0 Å². The van der Waals surface area contributed by atoms with E-state index >= 15 is 0 Å². The second kappa shape index (κ2) is 7.79. The van der Waals surface area contributed by atoms with Crippen molar-refractivity contribution in [1.82, 2.24) is 26.2 Å². The molecule has 138 valence electrons. The van der Waals surface area contributed by atoms with E-state index in [2.05, 4.69) is 32.7 Å². The van der Waals surface area contributed by atoms with Crippen molar-refractivity contribution in [2.45, 2.75) is 31.7 Å². The van der Waals surface area contributed by atoms with Crippen molar-refractivity contribution in [1.29, 1.82) is 0 Å². The van der Waals surface area contributed by atoms with Gasteiger partial charge in [-0.3, -0.25) is 9.59 Å². The number of carbonyl (C=O) groups excluding carboxylic acids is 2. The molecule has 0 aromatic carbocycles. The molecule has 3 aliphatic rings. The normalized spacial score (nSPS) is 24.7.